The summed E-state index contributed by atoms with van der Waals surface area (Å²) >= 11 is 0. The van der Waals surface area contributed by atoms with Gasteiger partial charge >= 0.3 is 5.97 Å². The second-order valence-electron chi connectivity index (χ2n) is 6.56. The first-order valence-electron chi connectivity index (χ1n) is 8.98. The Labute approximate surface area is 172 Å². The number of carbonyl (C=O) groups is 4. The number of aliphatic hydroxyl groups is 1. The third kappa shape index (κ3) is 3.80. The summed E-state index contributed by atoms with van der Waals surface area (Å²) in [4.78, 5) is 48.8. The van der Waals surface area contributed by atoms with E-state index in [0.717, 1.165) is 4.90 Å². The van der Waals surface area contributed by atoms with E-state index >= 15 is 0 Å². The van der Waals surface area contributed by atoms with Crippen LogP contribution in [0.5, 0.6) is 5.75 Å². The Morgan fingerprint density at radius 3 is 2.20 bits per heavy atom. The SMILES string of the molecule is COC(=O)COc1ccc(/C(O)=C2/C(=O)N(C(C)=O)c3ccc(C(C)=O)cc32)cc1. The Bertz CT molecular complexity index is 1080. The summed E-state index contributed by atoms with van der Waals surface area (Å²) in [5.41, 5.74) is 1.17. The minimum absolute atomic E-state index is 0.0773. The van der Waals surface area contributed by atoms with Crippen molar-refractivity contribution in [2.45, 2.75) is 13.8 Å². The second kappa shape index (κ2) is 8.20. The van der Waals surface area contributed by atoms with Gasteiger partial charge in [-0.05, 0) is 49.4 Å². The van der Waals surface area contributed by atoms with Crippen molar-refractivity contribution in [3.05, 3.63) is 59.2 Å². The molecule has 0 atom stereocenters. The molecule has 3 rings (SSSR count). The number of hydrogen-bond donors (Lipinski definition) is 1. The number of Topliss-reactive ketones (excluding diaryl/α,β-unsaturated/α-hetero) is 1. The lowest BCUT2D eigenvalue weighted by Gasteiger charge is -2.12. The average molecular weight is 409 g/mol. The Morgan fingerprint density at radius 2 is 1.63 bits per heavy atom. The number of ketones is 1. The zero-order valence-electron chi connectivity index (χ0n) is 16.6. The van der Waals surface area contributed by atoms with Gasteiger partial charge in [-0.3, -0.25) is 14.4 Å². The van der Waals surface area contributed by atoms with Crippen molar-refractivity contribution < 1.29 is 33.8 Å². The predicted molar refractivity (Wildman–Crippen MR) is 108 cm³/mol. The molecule has 0 spiro atoms. The summed E-state index contributed by atoms with van der Waals surface area (Å²) in [6.45, 7) is 2.36. The molecule has 8 heteroatoms. The first-order chi connectivity index (χ1) is 14.2. The number of imide groups is 1. The van der Waals surface area contributed by atoms with Gasteiger partial charge in [-0.25, -0.2) is 9.69 Å². The highest BCUT2D eigenvalue weighted by atomic mass is 16.6. The van der Waals surface area contributed by atoms with Gasteiger partial charge in [0.25, 0.3) is 5.91 Å². The monoisotopic (exact) mass is 409 g/mol. The van der Waals surface area contributed by atoms with Gasteiger partial charge in [0.05, 0.1) is 18.4 Å². The molecule has 1 heterocycles. The fourth-order valence-electron chi connectivity index (χ4n) is 3.08. The Hall–Kier alpha value is -3.94. The summed E-state index contributed by atoms with van der Waals surface area (Å²) < 4.78 is 9.75. The van der Waals surface area contributed by atoms with Gasteiger partial charge < -0.3 is 14.6 Å². The fraction of sp³-hybridized carbons (Fsp3) is 0.182. The number of amides is 2. The average Bonchev–Trinajstić information content (AvgIpc) is 3.02. The molecule has 2 aromatic carbocycles. The molecule has 1 aliphatic rings. The molecule has 0 saturated heterocycles. The number of benzene rings is 2. The first-order valence-corrected chi connectivity index (χ1v) is 8.98. The van der Waals surface area contributed by atoms with E-state index in [4.69, 9.17) is 4.74 Å². The lowest BCUT2D eigenvalue weighted by Crippen LogP contribution is -2.31. The summed E-state index contributed by atoms with van der Waals surface area (Å²) in [6.07, 6.45) is 0. The van der Waals surface area contributed by atoms with Crippen molar-refractivity contribution in [3.8, 4) is 5.75 Å². The van der Waals surface area contributed by atoms with E-state index in [0.29, 0.717) is 28.1 Å². The molecular formula is C22H19NO7. The number of fused-ring (bicyclic) bond motifs is 1. The maximum Gasteiger partial charge on any atom is 0.343 e. The molecule has 154 valence electrons. The highest BCUT2D eigenvalue weighted by molar-refractivity contribution is 6.42. The van der Waals surface area contributed by atoms with Crippen molar-refractivity contribution in [2.75, 3.05) is 18.6 Å². The van der Waals surface area contributed by atoms with Crippen LogP contribution < -0.4 is 9.64 Å². The molecule has 0 fully saturated rings. The van der Waals surface area contributed by atoms with Crippen LogP contribution in [0, 0.1) is 0 Å². The highest BCUT2D eigenvalue weighted by Gasteiger charge is 2.38. The van der Waals surface area contributed by atoms with Crippen molar-refractivity contribution in [1.29, 1.82) is 0 Å². The molecule has 0 radical (unpaired) electrons. The van der Waals surface area contributed by atoms with E-state index in [2.05, 4.69) is 4.74 Å². The van der Waals surface area contributed by atoms with Crippen molar-refractivity contribution in [1.82, 2.24) is 0 Å². The summed E-state index contributed by atoms with van der Waals surface area (Å²) in [6, 6.07) is 10.6. The van der Waals surface area contributed by atoms with Crippen molar-refractivity contribution in [2.24, 2.45) is 0 Å². The molecule has 1 N–H and O–H groups in total. The molecule has 30 heavy (non-hydrogen) atoms. The van der Waals surface area contributed by atoms with E-state index in [9.17, 15) is 24.3 Å². The van der Waals surface area contributed by atoms with E-state index < -0.39 is 17.8 Å². The molecule has 0 saturated carbocycles. The van der Waals surface area contributed by atoms with Crippen LogP contribution in [0.25, 0.3) is 11.3 Å². The largest absolute Gasteiger partial charge is 0.506 e. The lowest BCUT2D eigenvalue weighted by atomic mass is 9.99. The standard InChI is InChI=1S/C22H19NO7/c1-12(24)15-6-9-18-17(10-15)20(22(28)23(18)13(2)25)21(27)14-4-7-16(8-5-14)30-11-19(26)29-3/h4-10,27H,11H2,1-3H3/b21-20-. The van der Waals surface area contributed by atoms with Gasteiger partial charge in [0.2, 0.25) is 5.91 Å². The summed E-state index contributed by atoms with van der Waals surface area (Å²) in [5, 5.41) is 10.8. The fourth-order valence-corrected chi connectivity index (χ4v) is 3.08. The third-order valence-corrected chi connectivity index (χ3v) is 4.59. The predicted octanol–water partition coefficient (Wildman–Crippen LogP) is 2.76. The van der Waals surface area contributed by atoms with E-state index in [1.54, 1.807) is 0 Å². The van der Waals surface area contributed by atoms with Crippen molar-refractivity contribution in [3.63, 3.8) is 0 Å². The minimum atomic E-state index is -0.679. The van der Waals surface area contributed by atoms with Crippen LogP contribution in [0.2, 0.25) is 0 Å². The number of rotatable bonds is 5. The number of hydrogen-bond acceptors (Lipinski definition) is 7. The Morgan fingerprint density at radius 1 is 1.00 bits per heavy atom. The van der Waals surface area contributed by atoms with Crippen molar-refractivity contribution >= 4 is 40.6 Å². The van der Waals surface area contributed by atoms with Gasteiger partial charge in [0, 0.05) is 23.6 Å². The van der Waals surface area contributed by atoms with Gasteiger partial charge in [-0.1, -0.05) is 0 Å². The van der Waals surface area contributed by atoms with Crippen LogP contribution >= 0.6 is 0 Å². The Balaban J connectivity index is 2.03. The first kappa shape index (κ1) is 20.8. The summed E-state index contributed by atoms with van der Waals surface area (Å²) in [7, 11) is 1.25. The number of aliphatic hydroxyl groups excluding tert-OH is 1. The summed E-state index contributed by atoms with van der Waals surface area (Å²) in [5.74, 6) is -1.91. The van der Waals surface area contributed by atoms with Crippen LogP contribution in [0.3, 0.4) is 0 Å². The van der Waals surface area contributed by atoms with Crippen LogP contribution in [0.1, 0.15) is 35.3 Å². The molecular weight excluding hydrogens is 390 g/mol. The van der Waals surface area contributed by atoms with E-state index in [1.165, 1.54) is 63.4 Å². The van der Waals surface area contributed by atoms with Gasteiger partial charge in [0.1, 0.15) is 11.5 Å². The quantitative estimate of drug-likeness (QED) is 0.350. The second-order valence-corrected chi connectivity index (χ2v) is 6.56. The maximum atomic E-state index is 12.9. The van der Waals surface area contributed by atoms with Crippen LogP contribution in [0.4, 0.5) is 5.69 Å². The number of ether oxygens (including phenoxy) is 2. The van der Waals surface area contributed by atoms with Gasteiger partial charge in [0.15, 0.2) is 12.4 Å². The zero-order valence-corrected chi connectivity index (χ0v) is 16.6. The Kier molecular flexibility index (Phi) is 5.68. The molecule has 0 bridgehead atoms. The molecule has 0 aliphatic carbocycles. The van der Waals surface area contributed by atoms with Crippen LogP contribution in [-0.2, 0) is 19.1 Å². The van der Waals surface area contributed by atoms with Crippen LogP contribution in [0.15, 0.2) is 42.5 Å². The van der Waals surface area contributed by atoms with Crippen LogP contribution in [-0.4, -0.2) is 42.4 Å². The van der Waals surface area contributed by atoms with Gasteiger partial charge in [-0.2, -0.15) is 0 Å². The highest BCUT2D eigenvalue weighted by Crippen LogP contribution is 2.41. The van der Waals surface area contributed by atoms with Gasteiger partial charge in [-0.15, -0.1) is 0 Å². The molecule has 0 unspecified atom stereocenters. The number of anilines is 1. The topological polar surface area (TPSA) is 110 Å². The maximum absolute atomic E-state index is 12.9. The minimum Gasteiger partial charge on any atom is -0.506 e. The van der Waals surface area contributed by atoms with E-state index in [-0.39, 0.29) is 23.7 Å². The van der Waals surface area contributed by atoms with E-state index in [1.807, 2.05) is 0 Å². The normalized spacial score (nSPS) is 14.2. The smallest absolute Gasteiger partial charge is 0.343 e. The number of esters is 1. The molecule has 2 amide bonds. The zero-order chi connectivity index (χ0) is 22.0. The molecule has 2 aromatic rings. The third-order valence-electron chi connectivity index (χ3n) is 4.59. The lowest BCUT2D eigenvalue weighted by molar-refractivity contribution is -0.143. The molecule has 1 aliphatic heterocycles. The molecule has 0 aromatic heterocycles. The number of nitrogens with zero attached hydrogens (tertiary/aromatic N) is 1. The molecule has 8 nitrogen and oxygen atoms in total. The number of carbonyl (C=O) groups excluding carboxylic acids is 4. The number of methoxy groups -OCH3 is 1.